The molecule has 3 aromatic rings. The molecule has 3 rings (SSSR count). The minimum absolute atomic E-state index is 0.138. The van der Waals surface area contributed by atoms with Crippen LogP contribution in [0.15, 0.2) is 55.3 Å². The third kappa shape index (κ3) is 4.21. The Morgan fingerprint density at radius 2 is 1.90 bits per heavy atom. The second-order valence-corrected chi connectivity index (χ2v) is 6.11. The normalized spacial score (nSPS) is 10.4. The summed E-state index contributed by atoms with van der Waals surface area (Å²) in [6, 6.07) is 10.7. The largest absolute Gasteiger partial charge is 0.493 e. The van der Waals surface area contributed by atoms with Crippen LogP contribution in [-0.2, 0) is 6.54 Å². The number of methoxy groups -OCH3 is 2. The number of amides is 2. The van der Waals surface area contributed by atoms with E-state index < -0.39 is 0 Å². The minimum Gasteiger partial charge on any atom is -0.493 e. The molecular weight excluding hydrogens is 372 g/mol. The van der Waals surface area contributed by atoms with E-state index in [2.05, 4.69) is 22.2 Å². The van der Waals surface area contributed by atoms with E-state index in [-0.39, 0.29) is 29.9 Å². The number of pyridine rings is 1. The second-order valence-electron chi connectivity index (χ2n) is 6.11. The van der Waals surface area contributed by atoms with Crippen molar-refractivity contribution in [3.63, 3.8) is 0 Å². The molecule has 0 saturated carbocycles. The number of nitrogens with one attached hydrogen (secondary N) is 2. The zero-order valence-electron chi connectivity index (χ0n) is 16.3. The van der Waals surface area contributed by atoms with Gasteiger partial charge >= 0.3 is 0 Å². The summed E-state index contributed by atoms with van der Waals surface area (Å²) in [7, 11) is 3.11. The number of imidazole rings is 1. The molecule has 0 fully saturated rings. The van der Waals surface area contributed by atoms with Crippen molar-refractivity contribution in [1.29, 1.82) is 0 Å². The first-order valence-electron chi connectivity index (χ1n) is 8.94. The number of aromatic nitrogens is 2. The van der Waals surface area contributed by atoms with Crippen molar-refractivity contribution in [2.45, 2.75) is 6.54 Å². The van der Waals surface area contributed by atoms with Crippen molar-refractivity contribution in [2.75, 3.05) is 20.8 Å². The van der Waals surface area contributed by atoms with Crippen LogP contribution >= 0.6 is 0 Å². The number of rotatable bonds is 8. The summed E-state index contributed by atoms with van der Waals surface area (Å²) >= 11 is 0. The van der Waals surface area contributed by atoms with E-state index in [4.69, 9.17) is 9.47 Å². The molecule has 8 heteroatoms. The number of benzene rings is 1. The van der Waals surface area contributed by atoms with E-state index in [9.17, 15) is 9.59 Å². The molecule has 0 spiro atoms. The first-order valence-corrected chi connectivity index (χ1v) is 8.94. The predicted molar refractivity (Wildman–Crippen MR) is 108 cm³/mol. The Hall–Kier alpha value is -3.81. The number of hydrogen-bond donors (Lipinski definition) is 2. The predicted octanol–water partition coefficient (Wildman–Crippen LogP) is 2.20. The standard InChI is InChI=1S/C21H22N4O4/c1-4-10-22-21(27)19-24-18(15-7-5-6-11-25(15)19)20(26)23-13-14-8-9-16(28-2)17(12-14)29-3/h4-9,11-12H,1,10,13H2,2-3H3,(H,22,27)(H,23,26). The highest BCUT2D eigenvalue weighted by Crippen LogP contribution is 2.27. The van der Waals surface area contributed by atoms with Gasteiger partial charge in [0.25, 0.3) is 11.8 Å². The third-order valence-corrected chi connectivity index (χ3v) is 4.27. The molecule has 0 saturated heterocycles. The summed E-state index contributed by atoms with van der Waals surface area (Å²) in [5.41, 5.74) is 1.55. The van der Waals surface area contributed by atoms with Crippen molar-refractivity contribution in [1.82, 2.24) is 20.0 Å². The van der Waals surface area contributed by atoms with E-state index in [1.165, 1.54) is 0 Å². The van der Waals surface area contributed by atoms with E-state index in [0.717, 1.165) is 5.56 Å². The summed E-state index contributed by atoms with van der Waals surface area (Å²) in [5.74, 6) is 0.556. The number of hydrogen-bond acceptors (Lipinski definition) is 5. The van der Waals surface area contributed by atoms with Gasteiger partial charge in [-0.25, -0.2) is 4.98 Å². The molecule has 2 aromatic heterocycles. The molecule has 2 amide bonds. The highest BCUT2D eigenvalue weighted by molar-refractivity contribution is 6.02. The zero-order valence-corrected chi connectivity index (χ0v) is 16.3. The van der Waals surface area contributed by atoms with Crippen LogP contribution in [0.1, 0.15) is 26.7 Å². The Labute approximate surface area is 168 Å². The van der Waals surface area contributed by atoms with Crippen LogP contribution < -0.4 is 20.1 Å². The van der Waals surface area contributed by atoms with E-state index in [1.54, 1.807) is 61.2 Å². The van der Waals surface area contributed by atoms with Crippen LogP contribution in [0.25, 0.3) is 5.52 Å². The Balaban J connectivity index is 1.82. The van der Waals surface area contributed by atoms with Crippen molar-refractivity contribution >= 4 is 17.3 Å². The number of fused-ring (bicyclic) bond motifs is 1. The van der Waals surface area contributed by atoms with Crippen LogP contribution in [-0.4, -0.2) is 42.0 Å². The molecule has 0 atom stereocenters. The van der Waals surface area contributed by atoms with E-state index in [0.29, 0.717) is 23.6 Å². The van der Waals surface area contributed by atoms with Gasteiger partial charge in [-0.2, -0.15) is 0 Å². The SMILES string of the molecule is C=CCNC(=O)c1nc(C(=O)NCc2ccc(OC)c(OC)c2)c2ccccn12. The molecule has 29 heavy (non-hydrogen) atoms. The van der Waals surface area contributed by atoms with Gasteiger partial charge in [0.2, 0.25) is 5.82 Å². The lowest BCUT2D eigenvalue weighted by molar-refractivity contribution is 0.0946. The van der Waals surface area contributed by atoms with Crippen LogP contribution in [0.3, 0.4) is 0 Å². The summed E-state index contributed by atoms with van der Waals surface area (Å²) in [6.45, 7) is 4.15. The van der Waals surface area contributed by atoms with E-state index >= 15 is 0 Å². The van der Waals surface area contributed by atoms with Crippen molar-refractivity contribution in [3.05, 3.63) is 72.3 Å². The maximum absolute atomic E-state index is 12.8. The summed E-state index contributed by atoms with van der Waals surface area (Å²) in [5, 5.41) is 5.51. The Kier molecular flexibility index (Phi) is 6.13. The summed E-state index contributed by atoms with van der Waals surface area (Å²) < 4.78 is 12.1. The Morgan fingerprint density at radius 3 is 2.62 bits per heavy atom. The first kappa shape index (κ1) is 19.9. The molecule has 0 bridgehead atoms. The van der Waals surface area contributed by atoms with Gasteiger partial charge in [-0.3, -0.25) is 14.0 Å². The summed E-state index contributed by atoms with van der Waals surface area (Å²) in [4.78, 5) is 29.4. The molecule has 2 heterocycles. The van der Waals surface area contributed by atoms with Gasteiger partial charge in [0, 0.05) is 19.3 Å². The van der Waals surface area contributed by atoms with Crippen LogP contribution in [0, 0.1) is 0 Å². The van der Waals surface area contributed by atoms with Crippen molar-refractivity contribution in [3.8, 4) is 11.5 Å². The van der Waals surface area contributed by atoms with Crippen LogP contribution in [0.2, 0.25) is 0 Å². The minimum atomic E-state index is -0.384. The first-order chi connectivity index (χ1) is 14.1. The molecule has 0 aliphatic heterocycles. The monoisotopic (exact) mass is 394 g/mol. The lowest BCUT2D eigenvalue weighted by Gasteiger charge is -2.10. The van der Waals surface area contributed by atoms with E-state index in [1.807, 2.05) is 6.07 Å². The van der Waals surface area contributed by atoms with Gasteiger partial charge in [-0.15, -0.1) is 6.58 Å². The quantitative estimate of drug-likeness (QED) is 0.571. The lowest BCUT2D eigenvalue weighted by Crippen LogP contribution is -2.26. The highest BCUT2D eigenvalue weighted by atomic mass is 16.5. The molecule has 1 aromatic carbocycles. The molecule has 0 radical (unpaired) electrons. The number of carbonyl (C=O) groups excluding carboxylic acids is 2. The molecule has 8 nitrogen and oxygen atoms in total. The number of ether oxygens (including phenoxy) is 2. The second kappa shape index (κ2) is 8.92. The molecule has 2 N–H and O–H groups in total. The van der Waals surface area contributed by atoms with Gasteiger partial charge in [0.1, 0.15) is 0 Å². The van der Waals surface area contributed by atoms with Crippen LogP contribution in [0.4, 0.5) is 0 Å². The Morgan fingerprint density at radius 1 is 1.10 bits per heavy atom. The summed E-state index contributed by atoms with van der Waals surface area (Å²) in [6.07, 6.45) is 3.26. The van der Waals surface area contributed by atoms with Crippen LogP contribution in [0.5, 0.6) is 11.5 Å². The topological polar surface area (TPSA) is 94.0 Å². The Bertz CT molecular complexity index is 1060. The molecule has 0 unspecified atom stereocenters. The van der Waals surface area contributed by atoms with Gasteiger partial charge in [-0.1, -0.05) is 18.2 Å². The maximum atomic E-state index is 12.8. The fourth-order valence-corrected chi connectivity index (χ4v) is 2.87. The van der Waals surface area contributed by atoms with Gasteiger partial charge in [0.15, 0.2) is 17.2 Å². The number of nitrogens with zero attached hydrogens (tertiary/aromatic N) is 2. The van der Waals surface area contributed by atoms with Crippen molar-refractivity contribution in [2.24, 2.45) is 0 Å². The maximum Gasteiger partial charge on any atom is 0.287 e. The highest BCUT2D eigenvalue weighted by Gasteiger charge is 2.21. The van der Waals surface area contributed by atoms with Gasteiger partial charge in [0.05, 0.1) is 19.7 Å². The smallest absolute Gasteiger partial charge is 0.287 e. The van der Waals surface area contributed by atoms with Gasteiger partial charge in [-0.05, 0) is 29.8 Å². The van der Waals surface area contributed by atoms with Crippen molar-refractivity contribution < 1.29 is 19.1 Å². The fraction of sp³-hybridized carbons (Fsp3) is 0.190. The third-order valence-electron chi connectivity index (χ3n) is 4.27. The van der Waals surface area contributed by atoms with Gasteiger partial charge < -0.3 is 20.1 Å². The number of carbonyl (C=O) groups is 2. The lowest BCUT2D eigenvalue weighted by atomic mass is 10.2. The molecular formula is C21H22N4O4. The fourth-order valence-electron chi connectivity index (χ4n) is 2.87. The molecule has 0 aliphatic rings. The molecule has 150 valence electrons. The average molecular weight is 394 g/mol. The average Bonchev–Trinajstić information content (AvgIpc) is 3.15. The zero-order chi connectivity index (χ0) is 20.8. The molecule has 0 aliphatic carbocycles.